The van der Waals surface area contributed by atoms with Crippen LogP contribution in [0.15, 0.2) is 97.1 Å². The van der Waals surface area contributed by atoms with Gasteiger partial charge >= 0.3 is 6.16 Å². The minimum atomic E-state index is -0.697. The molecule has 3 nitrogen and oxygen atoms in total. The predicted molar refractivity (Wildman–Crippen MR) is 123 cm³/mol. The van der Waals surface area contributed by atoms with Gasteiger partial charge in [-0.2, -0.15) is 11.8 Å². The summed E-state index contributed by atoms with van der Waals surface area (Å²) in [6, 6.07) is 32.0. The molecular weight excluding hydrogens is 392 g/mol. The molecule has 0 unspecified atom stereocenters. The number of ether oxygens (including phenoxy) is 2. The molecule has 0 radical (unpaired) electrons. The number of carbonyl (C=O) groups is 1. The van der Waals surface area contributed by atoms with Crippen molar-refractivity contribution in [3.8, 4) is 5.75 Å². The van der Waals surface area contributed by atoms with Crippen molar-refractivity contribution in [2.24, 2.45) is 0 Å². The summed E-state index contributed by atoms with van der Waals surface area (Å²) in [5.41, 5.74) is 3.46. The fourth-order valence-corrected chi connectivity index (χ4v) is 4.19. The summed E-state index contributed by atoms with van der Waals surface area (Å²) in [6.45, 7) is 0.197. The van der Waals surface area contributed by atoms with E-state index in [1.54, 1.807) is 12.1 Å². The summed E-state index contributed by atoms with van der Waals surface area (Å²) in [4.78, 5) is 11.9. The summed E-state index contributed by atoms with van der Waals surface area (Å²) < 4.78 is 10.4. The van der Waals surface area contributed by atoms with Crippen LogP contribution in [0.3, 0.4) is 0 Å². The molecule has 0 aromatic heterocycles. The number of fused-ring (bicyclic) bond motifs is 1. The quantitative estimate of drug-likeness (QED) is 0.241. The van der Waals surface area contributed by atoms with Crippen molar-refractivity contribution in [2.75, 3.05) is 0 Å². The highest BCUT2D eigenvalue weighted by molar-refractivity contribution is 7.97. The zero-order valence-electron chi connectivity index (χ0n) is 16.5. The third-order valence-electron chi connectivity index (χ3n) is 4.73. The number of thioether (sulfide) groups is 1. The van der Waals surface area contributed by atoms with Crippen LogP contribution in [0.25, 0.3) is 10.8 Å². The van der Waals surface area contributed by atoms with Crippen molar-refractivity contribution in [1.82, 2.24) is 0 Å². The van der Waals surface area contributed by atoms with Gasteiger partial charge in [0.1, 0.15) is 12.4 Å². The van der Waals surface area contributed by atoms with Crippen LogP contribution < -0.4 is 4.74 Å². The Hall–Kier alpha value is -3.24. The maximum Gasteiger partial charge on any atom is 0.514 e. The van der Waals surface area contributed by atoms with Crippen molar-refractivity contribution in [3.05, 3.63) is 114 Å². The van der Waals surface area contributed by atoms with E-state index < -0.39 is 6.16 Å². The van der Waals surface area contributed by atoms with Gasteiger partial charge in [-0.15, -0.1) is 0 Å². The fraction of sp³-hybridized carbons (Fsp3) is 0.115. The molecule has 150 valence electrons. The van der Waals surface area contributed by atoms with Crippen LogP contribution in [0.1, 0.15) is 16.7 Å². The number of hydrogen-bond donors (Lipinski definition) is 0. The Morgan fingerprint density at radius 3 is 2.27 bits per heavy atom. The highest BCUT2D eigenvalue weighted by Crippen LogP contribution is 2.25. The summed E-state index contributed by atoms with van der Waals surface area (Å²) in [6.07, 6.45) is -0.697. The smallest absolute Gasteiger partial charge is 0.429 e. The zero-order valence-corrected chi connectivity index (χ0v) is 17.3. The van der Waals surface area contributed by atoms with E-state index in [-0.39, 0.29) is 6.61 Å². The second-order valence-corrected chi connectivity index (χ2v) is 7.89. The van der Waals surface area contributed by atoms with Crippen molar-refractivity contribution in [1.29, 1.82) is 0 Å². The average molecular weight is 415 g/mol. The van der Waals surface area contributed by atoms with E-state index in [1.807, 2.05) is 54.2 Å². The lowest BCUT2D eigenvalue weighted by atomic mass is 10.1. The molecule has 4 aromatic carbocycles. The van der Waals surface area contributed by atoms with Gasteiger partial charge in [0.15, 0.2) is 0 Å². The van der Waals surface area contributed by atoms with Gasteiger partial charge in [0.25, 0.3) is 0 Å². The van der Waals surface area contributed by atoms with Gasteiger partial charge in [0, 0.05) is 11.5 Å². The number of benzene rings is 4. The van der Waals surface area contributed by atoms with Crippen LogP contribution in [-0.2, 0) is 22.8 Å². The normalized spacial score (nSPS) is 10.7. The third-order valence-corrected chi connectivity index (χ3v) is 5.78. The molecule has 4 rings (SSSR count). The largest absolute Gasteiger partial charge is 0.514 e. The van der Waals surface area contributed by atoms with Crippen LogP contribution in [0.2, 0.25) is 0 Å². The minimum Gasteiger partial charge on any atom is -0.429 e. The van der Waals surface area contributed by atoms with Crippen LogP contribution in [-0.4, -0.2) is 6.16 Å². The number of hydrogen-bond acceptors (Lipinski definition) is 4. The SMILES string of the molecule is O=C(OCc1ccccc1)Oc1ccc(CSCc2cccc3ccccc23)cc1. The maximum absolute atomic E-state index is 11.9. The molecule has 0 heterocycles. The van der Waals surface area contributed by atoms with Crippen molar-refractivity contribution < 1.29 is 14.3 Å². The van der Waals surface area contributed by atoms with E-state index in [0.717, 1.165) is 17.1 Å². The van der Waals surface area contributed by atoms with E-state index in [4.69, 9.17) is 9.47 Å². The monoisotopic (exact) mass is 414 g/mol. The third kappa shape index (κ3) is 5.43. The second-order valence-electron chi connectivity index (χ2n) is 6.90. The van der Waals surface area contributed by atoms with E-state index >= 15 is 0 Å². The van der Waals surface area contributed by atoms with Crippen molar-refractivity contribution in [3.63, 3.8) is 0 Å². The fourth-order valence-electron chi connectivity index (χ4n) is 3.19. The molecule has 0 aliphatic heterocycles. The lowest BCUT2D eigenvalue weighted by Crippen LogP contribution is -2.10. The van der Waals surface area contributed by atoms with E-state index in [2.05, 4.69) is 42.5 Å². The first-order valence-electron chi connectivity index (χ1n) is 9.80. The van der Waals surface area contributed by atoms with Crippen LogP contribution >= 0.6 is 11.8 Å². The van der Waals surface area contributed by atoms with Gasteiger partial charge in [0.05, 0.1) is 0 Å². The molecule has 0 saturated carbocycles. The van der Waals surface area contributed by atoms with Gasteiger partial charge in [-0.1, -0.05) is 84.9 Å². The Morgan fingerprint density at radius 1 is 0.700 bits per heavy atom. The maximum atomic E-state index is 11.9. The molecule has 4 aromatic rings. The highest BCUT2D eigenvalue weighted by Gasteiger charge is 2.07. The average Bonchev–Trinajstić information content (AvgIpc) is 2.80. The molecule has 30 heavy (non-hydrogen) atoms. The zero-order chi connectivity index (χ0) is 20.6. The summed E-state index contributed by atoms with van der Waals surface area (Å²) in [5, 5.41) is 2.58. The molecule has 0 atom stereocenters. The first-order chi connectivity index (χ1) is 14.8. The van der Waals surface area contributed by atoms with Gasteiger partial charge in [-0.05, 0) is 39.6 Å². The lowest BCUT2D eigenvalue weighted by molar-refractivity contribution is 0.0928. The second kappa shape index (κ2) is 9.99. The van der Waals surface area contributed by atoms with Gasteiger partial charge in [-0.25, -0.2) is 4.79 Å². The van der Waals surface area contributed by atoms with Crippen molar-refractivity contribution >= 4 is 28.7 Å². The Balaban J connectivity index is 1.26. The molecule has 0 N–H and O–H groups in total. The summed E-state index contributed by atoms with van der Waals surface area (Å²) >= 11 is 1.87. The van der Waals surface area contributed by atoms with Gasteiger partial charge < -0.3 is 9.47 Å². The Kier molecular flexibility index (Phi) is 6.68. The molecule has 4 heteroatoms. The van der Waals surface area contributed by atoms with Crippen LogP contribution in [0.4, 0.5) is 4.79 Å². The van der Waals surface area contributed by atoms with E-state index in [1.165, 1.54) is 21.9 Å². The molecule has 0 bridgehead atoms. The van der Waals surface area contributed by atoms with Gasteiger partial charge in [-0.3, -0.25) is 0 Å². The topological polar surface area (TPSA) is 35.5 Å². The molecule has 0 spiro atoms. The highest BCUT2D eigenvalue weighted by atomic mass is 32.2. The van der Waals surface area contributed by atoms with Gasteiger partial charge in [0.2, 0.25) is 0 Å². The Bertz CT molecular complexity index is 1100. The lowest BCUT2D eigenvalue weighted by Gasteiger charge is -2.08. The number of carbonyl (C=O) groups excluding carboxylic acids is 1. The predicted octanol–water partition coefficient (Wildman–Crippen LogP) is 6.99. The first-order valence-corrected chi connectivity index (χ1v) is 11.0. The molecule has 0 saturated heterocycles. The molecule has 0 aliphatic rings. The molecule has 0 amide bonds. The Morgan fingerprint density at radius 2 is 1.43 bits per heavy atom. The summed E-state index contributed by atoms with van der Waals surface area (Å²) in [5.74, 6) is 2.32. The van der Waals surface area contributed by atoms with E-state index in [9.17, 15) is 4.79 Å². The molecular formula is C26H22O3S. The molecule has 0 fully saturated rings. The Labute approximate surface area is 180 Å². The molecule has 0 aliphatic carbocycles. The van der Waals surface area contributed by atoms with Crippen LogP contribution in [0.5, 0.6) is 5.75 Å². The number of rotatable bonds is 7. The first kappa shape index (κ1) is 20.0. The van der Waals surface area contributed by atoms with Crippen molar-refractivity contribution in [2.45, 2.75) is 18.1 Å². The standard InChI is InChI=1S/C26H22O3S/c27-26(28-17-20-7-2-1-3-8-20)29-24-15-13-21(14-16-24)18-30-19-23-11-6-10-22-9-4-5-12-25(22)23/h1-16H,17-19H2. The van der Waals surface area contributed by atoms with E-state index in [0.29, 0.717) is 5.75 Å². The minimum absolute atomic E-state index is 0.197. The van der Waals surface area contributed by atoms with Crippen LogP contribution in [0, 0.1) is 0 Å². The summed E-state index contributed by atoms with van der Waals surface area (Å²) in [7, 11) is 0.